The third-order valence-electron chi connectivity index (χ3n) is 7.32. The molecule has 4 rings (SSSR count). The molecular formula is C30H33BrClN5O5. The fourth-order valence-corrected chi connectivity index (χ4v) is 5.96. The second-order valence-corrected chi connectivity index (χ2v) is 12.5. The Morgan fingerprint density at radius 3 is 2.69 bits per heavy atom. The van der Waals surface area contributed by atoms with Crippen LogP contribution in [0.3, 0.4) is 0 Å². The van der Waals surface area contributed by atoms with Crippen molar-refractivity contribution in [1.29, 1.82) is 5.26 Å². The highest BCUT2D eigenvalue weighted by molar-refractivity contribution is 9.10. The van der Waals surface area contributed by atoms with Gasteiger partial charge in [0.25, 0.3) is 0 Å². The maximum Gasteiger partial charge on any atom is 0.410 e. The molecule has 1 aromatic carbocycles. The molecule has 0 bridgehead atoms. The van der Waals surface area contributed by atoms with Crippen LogP contribution in [0.2, 0.25) is 5.28 Å². The molecule has 0 radical (unpaired) electrons. The van der Waals surface area contributed by atoms with Crippen LogP contribution in [0, 0.1) is 16.7 Å². The van der Waals surface area contributed by atoms with Crippen molar-refractivity contribution < 1.29 is 23.9 Å². The van der Waals surface area contributed by atoms with E-state index in [1.807, 2.05) is 29.2 Å². The molecule has 12 heteroatoms. The first-order valence-electron chi connectivity index (χ1n) is 13.6. The Morgan fingerprint density at radius 1 is 1.29 bits per heavy atom. The lowest BCUT2D eigenvalue weighted by molar-refractivity contribution is -0.152. The van der Waals surface area contributed by atoms with Gasteiger partial charge in [-0.15, -0.1) is 0 Å². The standard InChI is InChI=1S/C30H33BrClN5O5/c1-5-16-41-26(39)30(17-19-8-6-7-9-22(19)31)12-10-21-23(24(30)38)34-27(32)35-25(21)36-14-15-37(20(18-36)11-13-33)28(40)42-29(2,3)4/h5-9,20H,1,10-12,14-18H2,2-4H3. The number of Topliss-reactive ketones (excluding diaryl/α,β-unsaturated/α-hetero) is 1. The van der Waals surface area contributed by atoms with Gasteiger partial charge in [-0.25, -0.2) is 14.8 Å². The number of aromatic nitrogens is 2. The van der Waals surface area contributed by atoms with E-state index < -0.39 is 34.9 Å². The van der Waals surface area contributed by atoms with Gasteiger partial charge in [-0.3, -0.25) is 9.59 Å². The normalized spacial score (nSPS) is 20.4. The summed E-state index contributed by atoms with van der Waals surface area (Å²) >= 11 is 9.91. The Hall–Kier alpha value is -3.49. The van der Waals surface area contributed by atoms with E-state index in [2.05, 4.69) is 38.5 Å². The number of nitrogens with zero attached hydrogens (tertiary/aromatic N) is 5. The van der Waals surface area contributed by atoms with Crippen LogP contribution in [0.5, 0.6) is 0 Å². The van der Waals surface area contributed by atoms with Gasteiger partial charge in [-0.2, -0.15) is 5.26 Å². The van der Waals surface area contributed by atoms with Crippen molar-refractivity contribution in [3.63, 3.8) is 0 Å². The molecule has 1 aromatic heterocycles. The van der Waals surface area contributed by atoms with Gasteiger partial charge in [0.2, 0.25) is 5.28 Å². The van der Waals surface area contributed by atoms with Gasteiger partial charge in [0, 0.05) is 29.7 Å². The molecule has 10 nitrogen and oxygen atoms in total. The summed E-state index contributed by atoms with van der Waals surface area (Å²) in [7, 11) is 0. The number of amides is 1. The Morgan fingerprint density at radius 2 is 2.02 bits per heavy atom. The lowest BCUT2D eigenvalue weighted by Gasteiger charge is -2.42. The molecule has 2 aliphatic rings. The van der Waals surface area contributed by atoms with Crippen LogP contribution >= 0.6 is 27.5 Å². The van der Waals surface area contributed by atoms with Crippen molar-refractivity contribution in [1.82, 2.24) is 14.9 Å². The number of esters is 1. The zero-order valence-corrected chi connectivity index (χ0v) is 26.2. The second kappa shape index (κ2) is 12.8. The van der Waals surface area contributed by atoms with Gasteiger partial charge in [0.05, 0.1) is 18.5 Å². The third-order valence-corrected chi connectivity index (χ3v) is 8.26. The molecule has 222 valence electrons. The Kier molecular flexibility index (Phi) is 9.58. The highest BCUT2D eigenvalue weighted by Gasteiger charge is 2.52. The summed E-state index contributed by atoms with van der Waals surface area (Å²) in [6, 6.07) is 9.09. The number of rotatable bonds is 7. The second-order valence-electron chi connectivity index (χ2n) is 11.3. The molecule has 1 amide bonds. The largest absolute Gasteiger partial charge is 0.461 e. The van der Waals surface area contributed by atoms with Crippen LogP contribution in [0.25, 0.3) is 0 Å². The highest BCUT2D eigenvalue weighted by Crippen LogP contribution is 2.43. The minimum absolute atomic E-state index is 0.0331. The van der Waals surface area contributed by atoms with Crippen molar-refractivity contribution in [3.05, 3.63) is 63.5 Å². The molecule has 2 aromatic rings. The fourth-order valence-electron chi connectivity index (χ4n) is 5.37. The molecule has 2 heterocycles. The Balaban J connectivity index is 1.70. The van der Waals surface area contributed by atoms with Crippen molar-refractivity contribution in [2.24, 2.45) is 5.41 Å². The van der Waals surface area contributed by atoms with Gasteiger partial charge in [-0.05, 0) is 63.3 Å². The van der Waals surface area contributed by atoms with Gasteiger partial charge in [0.1, 0.15) is 29.1 Å². The molecule has 1 aliphatic heterocycles. The number of carbonyl (C=O) groups excluding carboxylic acids is 3. The number of halogens is 2. The summed E-state index contributed by atoms with van der Waals surface area (Å²) in [6.45, 7) is 9.89. The summed E-state index contributed by atoms with van der Waals surface area (Å²) in [6.07, 6.45) is 1.65. The van der Waals surface area contributed by atoms with E-state index in [9.17, 15) is 19.6 Å². The van der Waals surface area contributed by atoms with Crippen LogP contribution in [0.1, 0.15) is 55.2 Å². The van der Waals surface area contributed by atoms with E-state index >= 15 is 0 Å². The molecular weight excluding hydrogens is 626 g/mol. The number of fused-ring (bicyclic) bond motifs is 1. The fraction of sp³-hybridized carbons (Fsp3) is 0.467. The van der Waals surface area contributed by atoms with E-state index in [4.69, 9.17) is 21.1 Å². The predicted molar refractivity (Wildman–Crippen MR) is 160 cm³/mol. The number of piperazine rings is 1. The summed E-state index contributed by atoms with van der Waals surface area (Å²) < 4.78 is 11.8. The average molecular weight is 659 g/mol. The maximum atomic E-state index is 14.3. The lowest BCUT2D eigenvalue weighted by atomic mass is 9.68. The van der Waals surface area contributed by atoms with Gasteiger partial charge in [-0.1, -0.05) is 46.8 Å². The minimum Gasteiger partial charge on any atom is -0.461 e. The SMILES string of the molecule is C=CCOC(=O)C1(Cc2ccccc2Br)CCc2c(nc(Cl)nc2N2CCN(C(=O)OC(C)(C)C)C(CC#N)C2)C1=O. The van der Waals surface area contributed by atoms with Crippen LogP contribution in [0.15, 0.2) is 41.4 Å². The summed E-state index contributed by atoms with van der Waals surface area (Å²) in [5.74, 6) is -0.677. The van der Waals surface area contributed by atoms with Gasteiger partial charge >= 0.3 is 12.1 Å². The van der Waals surface area contributed by atoms with Crippen molar-refractivity contribution in [2.45, 2.75) is 58.1 Å². The average Bonchev–Trinajstić information content (AvgIpc) is 2.93. The molecule has 1 aliphatic carbocycles. The molecule has 1 saturated heterocycles. The zero-order chi connectivity index (χ0) is 30.7. The van der Waals surface area contributed by atoms with E-state index in [1.165, 1.54) is 6.08 Å². The lowest BCUT2D eigenvalue weighted by Crippen LogP contribution is -2.56. The molecule has 2 unspecified atom stereocenters. The molecule has 0 spiro atoms. The maximum absolute atomic E-state index is 14.3. The van der Waals surface area contributed by atoms with Crippen LogP contribution < -0.4 is 4.90 Å². The topological polar surface area (TPSA) is 126 Å². The zero-order valence-electron chi connectivity index (χ0n) is 23.9. The number of hydrogen-bond donors (Lipinski definition) is 0. The smallest absolute Gasteiger partial charge is 0.410 e. The Bertz CT molecular complexity index is 1440. The number of carbonyl (C=O) groups is 3. The number of benzene rings is 1. The first-order valence-corrected chi connectivity index (χ1v) is 14.8. The van der Waals surface area contributed by atoms with Gasteiger partial charge in [0.15, 0.2) is 5.78 Å². The van der Waals surface area contributed by atoms with Crippen LogP contribution in [-0.2, 0) is 27.1 Å². The van der Waals surface area contributed by atoms with Crippen LogP contribution in [-0.4, -0.2) is 70.6 Å². The van der Waals surface area contributed by atoms with Crippen molar-refractivity contribution in [3.8, 4) is 6.07 Å². The summed E-state index contributed by atoms with van der Waals surface area (Å²) in [5.41, 5.74) is -0.772. The third kappa shape index (κ3) is 6.60. The van der Waals surface area contributed by atoms with E-state index in [1.54, 1.807) is 25.7 Å². The number of hydrogen-bond acceptors (Lipinski definition) is 9. The number of ether oxygens (including phenoxy) is 2. The molecule has 1 fully saturated rings. The van der Waals surface area contributed by atoms with E-state index in [-0.39, 0.29) is 49.9 Å². The van der Waals surface area contributed by atoms with Crippen LogP contribution in [0.4, 0.5) is 10.6 Å². The van der Waals surface area contributed by atoms with Crippen molar-refractivity contribution in [2.75, 3.05) is 31.1 Å². The quantitative estimate of drug-likeness (QED) is 0.168. The van der Waals surface area contributed by atoms with E-state index in [0.29, 0.717) is 24.3 Å². The minimum atomic E-state index is -1.52. The molecule has 42 heavy (non-hydrogen) atoms. The molecule has 0 saturated carbocycles. The summed E-state index contributed by atoms with van der Waals surface area (Å²) in [4.78, 5) is 53.0. The number of anilines is 1. The highest BCUT2D eigenvalue weighted by atomic mass is 79.9. The summed E-state index contributed by atoms with van der Waals surface area (Å²) in [5, 5.41) is 9.36. The predicted octanol–water partition coefficient (Wildman–Crippen LogP) is 5.32. The number of ketones is 1. The molecule has 0 N–H and O–H groups in total. The first kappa shape index (κ1) is 31.4. The first-order chi connectivity index (χ1) is 19.9. The van der Waals surface area contributed by atoms with Gasteiger partial charge < -0.3 is 19.3 Å². The monoisotopic (exact) mass is 657 g/mol. The number of nitriles is 1. The van der Waals surface area contributed by atoms with Crippen molar-refractivity contribution >= 4 is 51.2 Å². The van der Waals surface area contributed by atoms with E-state index in [0.717, 1.165) is 10.0 Å². The molecule has 2 atom stereocenters. The Labute approximate surface area is 258 Å².